The summed E-state index contributed by atoms with van der Waals surface area (Å²) in [5.41, 5.74) is 3.28. The summed E-state index contributed by atoms with van der Waals surface area (Å²) in [4.78, 5) is 0. The molecular formula is C17H24O2. The van der Waals surface area contributed by atoms with Gasteiger partial charge in [-0.2, -0.15) is 0 Å². The van der Waals surface area contributed by atoms with E-state index in [0.717, 1.165) is 17.4 Å². The zero-order valence-corrected chi connectivity index (χ0v) is 12.7. The van der Waals surface area contributed by atoms with Gasteiger partial charge in [0, 0.05) is 11.0 Å². The Morgan fingerprint density at radius 1 is 1.16 bits per heavy atom. The fourth-order valence-corrected chi connectivity index (χ4v) is 4.25. The Bertz CT molecular complexity index is 520. The lowest BCUT2D eigenvalue weighted by molar-refractivity contribution is 0.286. The Kier molecular flexibility index (Phi) is 2.64. The summed E-state index contributed by atoms with van der Waals surface area (Å²) in [5.74, 6) is 2.71. The van der Waals surface area contributed by atoms with Gasteiger partial charge >= 0.3 is 0 Å². The molecular weight excluding hydrogens is 236 g/mol. The van der Waals surface area contributed by atoms with Crippen LogP contribution in [0.4, 0.5) is 0 Å². The van der Waals surface area contributed by atoms with Gasteiger partial charge in [0.25, 0.3) is 0 Å². The van der Waals surface area contributed by atoms with Gasteiger partial charge in [0.1, 0.15) is 0 Å². The number of fused-ring (bicyclic) bond motifs is 1. The standard InChI is InChI=1S/C17H24O2/c1-11-8-13(15(19-5)14(9-11)18-4)16(2)7-6-12-10-17(12,16)3/h8-9,12H,6-7,10H2,1-5H3. The van der Waals surface area contributed by atoms with Crippen LogP contribution in [0.25, 0.3) is 0 Å². The van der Waals surface area contributed by atoms with E-state index in [1.165, 1.54) is 30.4 Å². The molecule has 0 bridgehead atoms. The lowest BCUT2D eigenvalue weighted by Gasteiger charge is -2.35. The van der Waals surface area contributed by atoms with Crippen molar-refractivity contribution in [1.29, 1.82) is 0 Å². The van der Waals surface area contributed by atoms with Crippen LogP contribution in [-0.4, -0.2) is 14.2 Å². The topological polar surface area (TPSA) is 18.5 Å². The molecule has 3 atom stereocenters. The fraction of sp³-hybridized carbons (Fsp3) is 0.647. The Hall–Kier alpha value is -1.18. The van der Waals surface area contributed by atoms with E-state index in [1.807, 2.05) is 0 Å². The maximum Gasteiger partial charge on any atom is 0.164 e. The van der Waals surface area contributed by atoms with Crippen molar-refractivity contribution in [2.24, 2.45) is 11.3 Å². The molecule has 2 fully saturated rings. The largest absolute Gasteiger partial charge is 0.493 e. The number of rotatable bonds is 3. The third-order valence-electron chi connectivity index (χ3n) is 5.88. The molecule has 19 heavy (non-hydrogen) atoms. The van der Waals surface area contributed by atoms with Crippen LogP contribution >= 0.6 is 0 Å². The van der Waals surface area contributed by atoms with Crippen molar-refractivity contribution >= 4 is 0 Å². The van der Waals surface area contributed by atoms with E-state index >= 15 is 0 Å². The van der Waals surface area contributed by atoms with Crippen molar-refractivity contribution in [2.75, 3.05) is 14.2 Å². The number of ether oxygens (including phenoxy) is 2. The van der Waals surface area contributed by atoms with Gasteiger partial charge in [-0.25, -0.2) is 0 Å². The second-order valence-corrected chi connectivity index (χ2v) is 6.74. The van der Waals surface area contributed by atoms with Crippen LogP contribution < -0.4 is 9.47 Å². The number of aryl methyl sites for hydroxylation is 1. The van der Waals surface area contributed by atoms with Crippen LogP contribution in [0.15, 0.2) is 12.1 Å². The minimum absolute atomic E-state index is 0.225. The lowest BCUT2D eigenvalue weighted by Crippen LogP contribution is -2.29. The third-order valence-corrected chi connectivity index (χ3v) is 5.88. The molecule has 1 aromatic rings. The first-order valence-corrected chi connectivity index (χ1v) is 7.19. The quantitative estimate of drug-likeness (QED) is 0.815. The molecule has 104 valence electrons. The van der Waals surface area contributed by atoms with Gasteiger partial charge in [0.2, 0.25) is 0 Å². The van der Waals surface area contributed by atoms with Gasteiger partial charge in [-0.1, -0.05) is 19.9 Å². The van der Waals surface area contributed by atoms with Crippen LogP contribution in [0.5, 0.6) is 11.5 Å². The number of hydrogen-bond donors (Lipinski definition) is 0. The average Bonchev–Trinajstić information content (AvgIpc) is 3.00. The van der Waals surface area contributed by atoms with E-state index in [2.05, 4.69) is 32.9 Å². The second-order valence-electron chi connectivity index (χ2n) is 6.74. The van der Waals surface area contributed by atoms with E-state index in [0.29, 0.717) is 5.41 Å². The molecule has 2 nitrogen and oxygen atoms in total. The van der Waals surface area contributed by atoms with Crippen LogP contribution in [-0.2, 0) is 5.41 Å². The molecule has 2 saturated carbocycles. The molecule has 3 unspecified atom stereocenters. The Labute approximate surface area is 116 Å². The molecule has 2 aliphatic rings. The van der Waals surface area contributed by atoms with Crippen molar-refractivity contribution in [3.05, 3.63) is 23.3 Å². The zero-order valence-electron chi connectivity index (χ0n) is 12.7. The SMILES string of the molecule is COc1cc(C)cc(C2(C)CCC3CC32C)c1OC. The van der Waals surface area contributed by atoms with E-state index < -0.39 is 0 Å². The molecule has 0 N–H and O–H groups in total. The zero-order chi connectivity index (χ0) is 13.8. The summed E-state index contributed by atoms with van der Waals surface area (Å²) in [7, 11) is 3.47. The fourth-order valence-electron chi connectivity index (χ4n) is 4.25. The highest BCUT2D eigenvalue weighted by Gasteiger charge is 2.66. The van der Waals surface area contributed by atoms with Gasteiger partial charge in [-0.05, 0) is 49.1 Å². The van der Waals surface area contributed by atoms with Gasteiger partial charge in [-0.15, -0.1) is 0 Å². The van der Waals surface area contributed by atoms with Crippen molar-refractivity contribution in [1.82, 2.24) is 0 Å². The molecule has 2 heteroatoms. The smallest absolute Gasteiger partial charge is 0.164 e. The van der Waals surface area contributed by atoms with E-state index in [1.54, 1.807) is 14.2 Å². The molecule has 0 heterocycles. The van der Waals surface area contributed by atoms with Crippen LogP contribution in [0.2, 0.25) is 0 Å². The van der Waals surface area contributed by atoms with Crippen LogP contribution in [0, 0.1) is 18.3 Å². The molecule has 0 saturated heterocycles. The summed E-state index contributed by atoms with van der Waals surface area (Å²) in [6, 6.07) is 4.36. The Balaban J connectivity index is 2.17. The highest BCUT2D eigenvalue weighted by molar-refractivity contribution is 5.54. The molecule has 2 aliphatic carbocycles. The number of hydrogen-bond acceptors (Lipinski definition) is 2. The van der Waals surface area contributed by atoms with Crippen LogP contribution in [0.1, 0.15) is 44.2 Å². The Morgan fingerprint density at radius 3 is 2.37 bits per heavy atom. The van der Waals surface area contributed by atoms with Gasteiger partial charge in [-0.3, -0.25) is 0 Å². The second kappa shape index (κ2) is 3.91. The highest BCUT2D eigenvalue weighted by Crippen LogP contribution is 2.73. The van der Waals surface area contributed by atoms with Crippen molar-refractivity contribution < 1.29 is 9.47 Å². The predicted octanol–water partition coefficient (Wildman–Crippen LogP) is 4.09. The summed E-state index contributed by atoms with van der Waals surface area (Å²) in [5, 5.41) is 0. The summed E-state index contributed by atoms with van der Waals surface area (Å²) in [6.45, 7) is 6.99. The van der Waals surface area contributed by atoms with Gasteiger partial charge in [0.15, 0.2) is 11.5 Å². The normalized spacial score (nSPS) is 35.9. The van der Waals surface area contributed by atoms with E-state index in [4.69, 9.17) is 9.47 Å². The molecule has 0 aromatic heterocycles. The minimum Gasteiger partial charge on any atom is -0.493 e. The summed E-state index contributed by atoms with van der Waals surface area (Å²) < 4.78 is 11.2. The molecule has 0 spiro atoms. The summed E-state index contributed by atoms with van der Waals surface area (Å²) in [6.07, 6.45) is 3.98. The van der Waals surface area contributed by atoms with Crippen molar-refractivity contribution in [2.45, 2.75) is 45.4 Å². The molecule has 3 rings (SSSR count). The predicted molar refractivity (Wildman–Crippen MR) is 77.1 cm³/mol. The van der Waals surface area contributed by atoms with Crippen molar-refractivity contribution in [3.63, 3.8) is 0 Å². The maximum absolute atomic E-state index is 5.69. The first-order chi connectivity index (χ1) is 8.96. The monoisotopic (exact) mass is 260 g/mol. The molecule has 1 aromatic carbocycles. The Morgan fingerprint density at radius 2 is 1.89 bits per heavy atom. The first-order valence-electron chi connectivity index (χ1n) is 7.19. The lowest BCUT2D eigenvalue weighted by atomic mass is 9.70. The van der Waals surface area contributed by atoms with Gasteiger partial charge in [0.05, 0.1) is 14.2 Å². The minimum atomic E-state index is 0.225. The van der Waals surface area contributed by atoms with Crippen molar-refractivity contribution in [3.8, 4) is 11.5 Å². The molecule has 0 aliphatic heterocycles. The maximum atomic E-state index is 5.69. The third kappa shape index (κ3) is 1.55. The first kappa shape index (κ1) is 12.8. The van der Waals surface area contributed by atoms with Crippen LogP contribution in [0.3, 0.4) is 0 Å². The number of benzene rings is 1. The molecule has 0 radical (unpaired) electrons. The number of methoxy groups -OCH3 is 2. The highest BCUT2D eigenvalue weighted by atomic mass is 16.5. The van der Waals surface area contributed by atoms with E-state index in [-0.39, 0.29) is 5.41 Å². The average molecular weight is 260 g/mol. The summed E-state index contributed by atoms with van der Waals surface area (Å²) >= 11 is 0. The molecule has 0 amide bonds. The van der Waals surface area contributed by atoms with Gasteiger partial charge < -0.3 is 9.47 Å². The van der Waals surface area contributed by atoms with E-state index in [9.17, 15) is 0 Å².